The molecule has 100 valence electrons. The monoisotopic (exact) mass is 258 g/mol. The van der Waals surface area contributed by atoms with E-state index >= 15 is 0 Å². The van der Waals surface area contributed by atoms with Gasteiger partial charge in [0.2, 0.25) is 5.91 Å². The number of pyridine rings is 1. The molecule has 0 radical (unpaired) electrons. The van der Waals surface area contributed by atoms with Crippen LogP contribution in [0.15, 0.2) is 12.1 Å². The summed E-state index contributed by atoms with van der Waals surface area (Å²) in [5, 5.41) is 11.9. The zero-order valence-corrected chi connectivity index (χ0v) is 11.1. The molecule has 0 bridgehead atoms. The number of carbonyl (C=O) groups excluding carboxylic acids is 1. The summed E-state index contributed by atoms with van der Waals surface area (Å²) in [5.41, 5.74) is 1.33. The van der Waals surface area contributed by atoms with Gasteiger partial charge < -0.3 is 10.2 Å². The van der Waals surface area contributed by atoms with Crippen LogP contribution in [0.3, 0.4) is 0 Å². The Balaban J connectivity index is 1.93. The first kappa shape index (κ1) is 13.3. The van der Waals surface area contributed by atoms with Crippen LogP contribution in [0.2, 0.25) is 0 Å². The smallest absolute Gasteiger partial charge is 0.241 e. The van der Waals surface area contributed by atoms with E-state index in [1.54, 1.807) is 12.1 Å². The maximum atomic E-state index is 12.0. The number of carbonyl (C=O) groups is 1. The number of likely N-dealkylation sites (tertiary alicyclic amines) is 1. The number of piperidine rings is 1. The molecule has 1 aromatic heterocycles. The van der Waals surface area contributed by atoms with Gasteiger partial charge in [0.1, 0.15) is 5.82 Å². The first-order valence-electron chi connectivity index (χ1n) is 6.59. The summed E-state index contributed by atoms with van der Waals surface area (Å²) >= 11 is 0. The maximum Gasteiger partial charge on any atom is 0.241 e. The van der Waals surface area contributed by atoms with Gasteiger partial charge in [-0.3, -0.25) is 4.79 Å². The van der Waals surface area contributed by atoms with E-state index in [0.717, 1.165) is 31.6 Å². The predicted octanol–water partition coefficient (Wildman–Crippen LogP) is 1.69. The molecule has 19 heavy (non-hydrogen) atoms. The molecule has 1 N–H and O–H groups in total. The molecule has 2 rings (SSSR count). The molecule has 5 nitrogen and oxygen atoms in total. The van der Waals surface area contributed by atoms with E-state index in [0.29, 0.717) is 11.4 Å². The van der Waals surface area contributed by atoms with Crippen LogP contribution < -0.4 is 5.32 Å². The van der Waals surface area contributed by atoms with Gasteiger partial charge in [0, 0.05) is 18.8 Å². The van der Waals surface area contributed by atoms with Crippen molar-refractivity contribution in [3.05, 3.63) is 23.4 Å². The highest BCUT2D eigenvalue weighted by molar-refractivity contribution is 5.80. The molecule has 0 unspecified atom stereocenters. The Hall–Kier alpha value is -2.09. The average molecular weight is 258 g/mol. The Morgan fingerprint density at radius 1 is 1.42 bits per heavy atom. The average Bonchev–Trinajstić information content (AvgIpc) is 2.45. The molecule has 0 aliphatic carbocycles. The topological polar surface area (TPSA) is 69.0 Å². The Bertz CT molecular complexity index is 501. The number of hydrogen-bond acceptors (Lipinski definition) is 4. The van der Waals surface area contributed by atoms with Crippen molar-refractivity contribution < 1.29 is 4.79 Å². The first-order valence-corrected chi connectivity index (χ1v) is 6.59. The van der Waals surface area contributed by atoms with Crippen LogP contribution in [-0.2, 0) is 4.79 Å². The van der Waals surface area contributed by atoms with Crippen molar-refractivity contribution >= 4 is 11.7 Å². The van der Waals surface area contributed by atoms with E-state index in [4.69, 9.17) is 5.26 Å². The van der Waals surface area contributed by atoms with E-state index in [2.05, 4.69) is 16.4 Å². The summed E-state index contributed by atoms with van der Waals surface area (Å²) in [6.07, 6.45) is 3.39. The third-order valence-corrected chi connectivity index (χ3v) is 3.21. The van der Waals surface area contributed by atoms with Gasteiger partial charge in [0.25, 0.3) is 0 Å². The summed E-state index contributed by atoms with van der Waals surface area (Å²) in [4.78, 5) is 18.1. The summed E-state index contributed by atoms with van der Waals surface area (Å²) in [6, 6.07) is 5.47. The lowest BCUT2D eigenvalue weighted by molar-refractivity contribution is -0.130. The number of amides is 1. The van der Waals surface area contributed by atoms with Crippen LogP contribution in [-0.4, -0.2) is 35.4 Å². The van der Waals surface area contributed by atoms with Crippen molar-refractivity contribution in [2.75, 3.05) is 25.0 Å². The normalized spacial score (nSPS) is 14.8. The standard InChI is InChI=1S/C14H18N4O/c1-11-7-12(9-15)8-13(17-11)16-10-14(19)18-5-3-2-4-6-18/h7-8H,2-6,10H2,1H3,(H,16,17). The zero-order valence-electron chi connectivity index (χ0n) is 11.1. The lowest BCUT2D eigenvalue weighted by Crippen LogP contribution is -2.39. The quantitative estimate of drug-likeness (QED) is 0.895. The van der Waals surface area contributed by atoms with Crippen molar-refractivity contribution in [1.82, 2.24) is 9.88 Å². The molecule has 0 atom stereocenters. The van der Waals surface area contributed by atoms with Gasteiger partial charge in [-0.1, -0.05) is 0 Å². The molecular formula is C14H18N4O. The van der Waals surface area contributed by atoms with Gasteiger partial charge in [0.05, 0.1) is 18.2 Å². The summed E-state index contributed by atoms with van der Waals surface area (Å²) in [5.74, 6) is 0.684. The van der Waals surface area contributed by atoms with Crippen LogP contribution in [0.4, 0.5) is 5.82 Å². The minimum absolute atomic E-state index is 0.0986. The minimum atomic E-state index is 0.0986. The van der Waals surface area contributed by atoms with E-state index in [1.165, 1.54) is 6.42 Å². The fraction of sp³-hybridized carbons (Fsp3) is 0.500. The molecule has 1 amide bonds. The van der Waals surface area contributed by atoms with Crippen LogP contribution in [0.25, 0.3) is 0 Å². The molecule has 0 spiro atoms. The number of rotatable bonds is 3. The molecular weight excluding hydrogens is 240 g/mol. The Morgan fingerprint density at radius 2 is 2.16 bits per heavy atom. The maximum absolute atomic E-state index is 12.0. The van der Waals surface area contributed by atoms with Crippen LogP contribution >= 0.6 is 0 Å². The van der Waals surface area contributed by atoms with Gasteiger partial charge in [-0.2, -0.15) is 5.26 Å². The highest BCUT2D eigenvalue weighted by Gasteiger charge is 2.16. The second kappa shape index (κ2) is 6.19. The number of nitrogens with zero attached hydrogens (tertiary/aromatic N) is 3. The van der Waals surface area contributed by atoms with E-state index in [1.807, 2.05) is 11.8 Å². The number of anilines is 1. The zero-order chi connectivity index (χ0) is 13.7. The van der Waals surface area contributed by atoms with Gasteiger partial charge in [0.15, 0.2) is 0 Å². The van der Waals surface area contributed by atoms with Crippen LogP contribution in [0.5, 0.6) is 0 Å². The fourth-order valence-corrected chi connectivity index (χ4v) is 2.24. The third-order valence-electron chi connectivity index (χ3n) is 3.21. The molecule has 1 aliphatic heterocycles. The number of aromatic nitrogens is 1. The van der Waals surface area contributed by atoms with Crippen LogP contribution in [0.1, 0.15) is 30.5 Å². The molecule has 0 saturated carbocycles. The number of hydrogen-bond donors (Lipinski definition) is 1. The summed E-state index contributed by atoms with van der Waals surface area (Å²) < 4.78 is 0. The van der Waals surface area contributed by atoms with E-state index < -0.39 is 0 Å². The second-order valence-corrected chi connectivity index (χ2v) is 4.79. The Labute approximate surface area is 113 Å². The largest absolute Gasteiger partial charge is 0.361 e. The minimum Gasteiger partial charge on any atom is -0.361 e. The van der Waals surface area contributed by atoms with Gasteiger partial charge >= 0.3 is 0 Å². The lowest BCUT2D eigenvalue weighted by Gasteiger charge is -2.26. The molecule has 1 saturated heterocycles. The van der Waals surface area contributed by atoms with Gasteiger partial charge in [-0.25, -0.2) is 4.98 Å². The van der Waals surface area contributed by atoms with E-state index in [-0.39, 0.29) is 12.5 Å². The van der Waals surface area contributed by atoms with Crippen LogP contribution in [0, 0.1) is 18.3 Å². The van der Waals surface area contributed by atoms with Crippen molar-refractivity contribution in [2.24, 2.45) is 0 Å². The molecule has 1 aromatic rings. The predicted molar refractivity (Wildman–Crippen MR) is 72.6 cm³/mol. The number of nitrogens with one attached hydrogen (secondary N) is 1. The second-order valence-electron chi connectivity index (χ2n) is 4.79. The third kappa shape index (κ3) is 3.68. The fourth-order valence-electron chi connectivity index (χ4n) is 2.24. The molecule has 2 heterocycles. The Morgan fingerprint density at radius 3 is 2.84 bits per heavy atom. The van der Waals surface area contributed by atoms with Crippen molar-refractivity contribution in [3.8, 4) is 6.07 Å². The molecule has 5 heteroatoms. The number of aryl methyl sites for hydroxylation is 1. The van der Waals surface area contributed by atoms with E-state index in [9.17, 15) is 4.79 Å². The summed E-state index contributed by atoms with van der Waals surface area (Å²) in [7, 11) is 0. The van der Waals surface area contributed by atoms with Crippen molar-refractivity contribution in [1.29, 1.82) is 5.26 Å². The highest BCUT2D eigenvalue weighted by atomic mass is 16.2. The SMILES string of the molecule is Cc1cc(C#N)cc(NCC(=O)N2CCCCC2)n1. The number of nitriles is 1. The summed E-state index contributed by atoms with van der Waals surface area (Å²) in [6.45, 7) is 3.77. The molecule has 1 fully saturated rings. The Kier molecular flexibility index (Phi) is 4.35. The van der Waals surface area contributed by atoms with Crippen molar-refractivity contribution in [3.63, 3.8) is 0 Å². The van der Waals surface area contributed by atoms with Gasteiger partial charge in [-0.15, -0.1) is 0 Å². The van der Waals surface area contributed by atoms with Crippen molar-refractivity contribution in [2.45, 2.75) is 26.2 Å². The molecule has 0 aromatic carbocycles. The van der Waals surface area contributed by atoms with Gasteiger partial charge in [-0.05, 0) is 38.3 Å². The lowest BCUT2D eigenvalue weighted by atomic mass is 10.1. The molecule has 1 aliphatic rings. The highest BCUT2D eigenvalue weighted by Crippen LogP contribution is 2.11. The first-order chi connectivity index (χ1) is 9.19.